The Morgan fingerprint density at radius 1 is 1.47 bits per heavy atom. The molecule has 0 atom stereocenters. The van der Waals surface area contributed by atoms with Gasteiger partial charge in [0.15, 0.2) is 0 Å². The minimum absolute atomic E-state index is 0.112. The molecule has 1 aromatic heterocycles. The van der Waals surface area contributed by atoms with Crippen LogP contribution in [-0.2, 0) is 6.54 Å². The van der Waals surface area contributed by atoms with Crippen LogP contribution in [0.15, 0.2) is 24.4 Å². The highest BCUT2D eigenvalue weighted by Gasteiger charge is 2.12. The maximum absolute atomic E-state index is 13.5. The van der Waals surface area contributed by atoms with Crippen LogP contribution in [0.25, 0.3) is 11.3 Å². The molecule has 0 aliphatic carbocycles. The number of rotatable bonds is 5. The quantitative estimate of drug-likeness (QED) is 0.884. The topological polar surface area (TPSA) is 57.9 Å². The Kier molecular flexibility index (Phi) is 4.52. The minimum Gasteiger partial charge on any atom is -0.329 e. The van der Waals surface area contributed by atoms with Crippen LogP contribution in [0.1, 0.15) is 5.56 Å². The number of nitrogens with one attached hydrogen (secondary N) is 1. The first-order valence-corrected chi connectivity index (χ1v) is 6.36. The molecule has 0 unspecified atom stereocenters. The lowest BCUT2D eigenvalue weighted by molar-refractivity contribution is 0.337. The number of aromatic amines is 1. The van der Waals surface area contributed by atoms with Crippen LogP contribution in [0.5, 0.6) is 0 Å². The highest BCUT2D eigenvalue weighted by atomic mass is 35.5. The average molecular weight is 283 g/mol. The SMILES string of the molecule is CN(CCN)Cc1c[nH]nc1-c1ccc(Cl)c(F)c1. The molecule has 0 bridgehead atoms. The minimum atomic E-state index is -0.441. The molecule has 19 heavy (non-hydrogen) atoms. The summed E-state index contributed by atoms with van der Waals surface area (Å²) in [6, 6.07) is 4.69. The van der Waals surface area contributed by atoms with Gasteiger partial charge in [0.2, 0.25) is 0 Å². The molecule has 1 heterocycles. The normalized spacial score (nSPS) is 11.2. The first kappa shape index (κ1) is 14.0. The number of H-pyrrole nitrogens is 1. The lowest BCUT2D eigenvalue weighted by Gasteiger charge is -2.15. The fourth-order valence-corrected chi connectivity index (χ4v) is 2.04. The molecule has 0 aliphatic heterocycles. The molecule has 0 aliphatic rings. The lowest BCUT2D eigenvalue weighted by Crippen LogP contribution is -2.25. The van der Waals surface area contributed by atoms with Crippen molar-refractivity contribution in [1.82, 2.24) is 15.1 Å². The molecule has 1 aromatic carbocycles. The van der Waals surface area contributed by atoms with Crippen molar-refractivity contribution < 1.29 is 4.39 Å². The van der Waals surface area contributed by atoms with E-state index in [1.54, 1.807) is 6.07 Å². The summed E-state index contributed by atoms with van der Waals surface area (Å²) in [7, 11) is 1.98. The van der Waals surface area contributed by atoms with Gasteiger partial charge in [-0.1, -0.05) is 17.7 Å². The van der Waals surface area contributed by atoms with Crippen LogP contribution in [0.4, 0.5) is 4.39 Å². The van der Waals surface area contributed by atoms with Gasteiger partial charge < -0.3 is 10.6 Å². The van der Waals surface area contributed by atoms with Crippen LogP contribution in [-0.4, -0.2) is 35.2 Å². The van der Waals surface area contributed by atoms with Gasteiger partial charge in [-0.2, -0.15) is 5.10 Å². The van der Waals surface area contributed by atoms with E-state index in [9.17, 15) is 4.39 Å². The number of aromatic nitrogens is 2. The summed E-state index contributed by atoms with van der Waals surface area (Å²) in [6.07, 6.45) is 1.81. The third-order valence-electron chi connectivity index (χ3n) is 2.86. The molecule has 102 valence electrons. The van der Waals surface area contributed by atoms with E-state index < -0.39 is 5.82 Å². The van der Waals surface area contributed by atoms with E-state index in [2.05, 4.69) is 15.1 Å². The van der Waals surface area contributed by atoms with E-state index in [4.69, 9.17) is 17.3 Å². The Morgan fingerprint density at radius 3 is 2.95 bits per heavy atom. The highest BCUT2D eigenvalue weighted by molar-refractivity contribution is 6.30. The van der Waals surface area contributed by atoms with E-state index in [0.29, 0.717) is 18.7 Å². The summed E-state index contributed by atoms with van der Waals surface area (Å²) in [5.74, 6) is -0.441. The number of nitrogens with two attached hydrogens (primary N) is 1. The van der Waals surface area contributed by atoms with Crippen LogP contribution in [0, 0.1) is 5.82 Å². The Balaban J connectivity index is 2.25. The van der Waals surface area contributed by atoms with Gasteiger partial charge in [0.05, 0.1) is 10.7 Å². The summed E-state index contributed by atoms with van der Waals surface area (Å²) in [5.41, 5.74) is 7.96. The fraction of sp³-hybridized carbons (Fsp3) is 0.308. The molecular formula is C13H16ClFN4. The first-order valence-electron chi connectivity index (χ1n) is 5.98. The number of likely N-dealkylation sites (N-methyl/N-ethyl adjacent to an activating group) is 1. The molecule has 0 spiro atoms. The van der Waals surface area contributed by atoms with Crippen molar-refractivity contribution in [2.45, 2.75) is 6.54 Å². The van der Waals surface area contributed by atoms with Crippen LogP contribution < -0.4 is 5.73 Å². The molecule has 6 heteroatoms. The zero-order valence-corrected chi connectivity index (χ0v) is 11.4. The number of halogens is 2. The fourth-order valence-electron chi connectivity index (χ4n) is 1.92. The summed E-state index contributed by atoms with van der Waals surface area (Å²) in [4.78, 5) is 2.08. The molecule has 4 nitrogen and oxygen atoms in total. The molecule has 2 aromatic rings. The Hall–Kier alpha value is -1.43. The second-order valence-electron chi connectivity index (χ2n) is 4.41. The van der Waals surface area contributed by atoms with E-state index in [1.807, 2.05) is 13.2 Å². The molecule has 3 N–H and O–H groups in total. The van der Waals surface area contributed by atoms with Crippen LogP contribution >= 0.6 is 11.6 Å². The standard InChI is InChI=1S/C13H16ClFN4/c1-19(5-4-16)8-10-7-17-18-13(10)9-2-3-11(14)12(15)6-9/h2-3,6-7H,4-5,8,16H2,1H3,(H,17,18). The third kappa shape index (κ3) is 3.32. The maximum Gasteiger partial charge on any atom is 0.142 e. The van der Waals surface area contributed by atoms with Crippen molar-refractivity contribution in [3.05, 3.63) is 40.8 Å². The molecular weight excluding hydrogens is 267 g/mol. The average Bonchev–Trinajstić information content (AvgIpc) is 2.81. The molecule has 0 amide bonds. The molecule has 0 fully saturated rings. The van der Waals surface area contributed by atoms with Gasteiger partial charge >= 0.3 is 0 Å². The van der Waals surface area contributed by atoms with Gasteiger partial charge in [-0.25, -0.2) is 4.39 Å². The Morgan fingerprint density at radius 2 is 2.26 bits per heavy atom. The summed E-state index contributed by atoms with van der Waals surface area (Å²) in [6.45, 7) is 2.09. The van der Waals surface area contributed by atoms with E-state index >= 15 is 0 Å². The van der Waals surface area contributed by atoms with E-state index in [0.717, 1.165) is 17.8 Å². The molecule has 0 radical (unpaired) electrons. The van der Waals surface area contributed by atoms with Crippen molar-refractivity contribution in [2.24, 2.45) is 5.73 Å². The van der Waals surface area contributed by atoms with Gasteiger partial charge in [-0.05, 0) is 19.2 Å². The molecule has 2 rings (SSSR count). The van der Waals surface area contributed by atoms with Crippen molar-refractivity contribution in [3.8, 4) is 11.3 Å². The number of hydrogen-bond acceptors (Lipinski definition) is 3. The number of benzene rings is 1. The summed E-state index contributed by atoms with van der Waals surface area (Å²) in [5, 5.41) is 7.10. The second kappa shape index (κ2) is 6.14. The highest BCUT2D eigenvalue weighted by Crippen LogP contribution is 2.25. The van der Waals surface area contributed by atoms with Gasteiger partial charge in [0, 0.05) is 37.0 Å². The zero-order chi connectivity index (χ0) is 13.8. The Bertz CT molecular complexity index is 555. The first-order chi connectivity index (χ1) is 9.11. The summed E-state index contributed by atoms with van der Waals surface area (Å²) >= 11 is 5.68. The summed E-state index contributed by atoms with van der Waals surface area (Å²) < 4.78 is 13.5. The van der Waals surface area contributed by atoms with Gasteiger partial charge in [0.1, 0.15) is 5.82 Å². The molecule has 0 saturated carbocycles. The zero-order valence-electron chi connectivity index (χ0n) is 10.7. The number of hydrogen-bond donors (Lipinski definition) is 2. The Labute approximate surface area is 116 Å². The predicted molar refractivity (Wildman–Crippen MR) is 74.4 cm³/mol. The van der Waals surface area contributed by atoms with Gasteiger partial charge in [0.25, 0.3) is 0 Å². The number of nitrogens with zero attached hydrogens (tertiary/aromatic N) is 2. The van der Waals surface area contributed by atoms with Crippen LogP contribution in [0.3, 0.4) is 0 Å². The third-order valence-corrected chi connectivity index (χ3v) is 3.17. The molecule has 0 saturated heterocycles. The monoisotopic (exact) mass is 282 g/mol. The van der Waals surface area contributed by atoms with Crippen LogP contribution in [0.2, 0.25) is 5.02 Å². The van der Waals surface area contributed by atoms with Crippen molar-refractivity contribution in [3.63, 3.8) is 0 Å². The lowest BCUT2D eigenvalue weighted by atomic mass is 10.1. The smallest absolute Gasteiger partial charge is 0.142 e. The largest absolute Gasteiger partial charge is 0.329 e. The van der Waals surface area contributed by atoms with Crippen molar-refractivity contribution in [1.29, 1.82) is 0 Å². The second-order valence-corrected chi connectivity index (χ2v) is 4.82. The maximum atomic E-state index is 13.5. The predicted octanol–water partition coefficient (Wildman–Crippen LogP) is 2.26. The van der Waals surface area contributed by atoms with Gasteiger partial charge in [-0.15, -0.1) is 0 Å². The van der Waals surface area contributed by atoms with Crippen molar-refractivity contribution >= 4 is 11.6 Å². The van der Waals surface area contributed by atoms with E-state index in [1.165, 1.54) is 12.1 Å². The van der Waals surface area contributed by atoms with Crippen molar-refractivity contribution in [2.75, 3.05) is 20.1 Å². The van der Waals surface area contributed by atoms with E-state index in [-0.39, 0.29) is 5.02 Å². The van der Waals surface area contributed by atoms with Gasteiger partial charge in [-0.3, -0.25) is 5.10 Å².